The molecule has 2 rings (SSSR count). The molecule has 0 bridgehead atoms. The molecule has 1 N–H and O–H groups in total. The van der Waals surface area contributed by atoms with Crippen molar-refractivity contribution >= 4 is 11.8 Å². The maximum atomic E-state index is 12.3. The second kappa shape index (κ2) is 7.25. The highest BCUT2D eigenvalue weighted by Gasteiger charge is 2.32. The molecule has 2 amide bonds. The largest absolute Gasteiger partial charge is 0.347 e. The van der Waals surface area contributed by atoms with E-state index in [9.17, 15) is 9.59 Å². The van der Waals surface area contributed by atoms with Crippen LogP contribution in [0.15, 0.2) is 30.3 Å². The number of benzene rings is 1. The quantitative estimate of drug-likeness (QED) is 0.866. The lowest BCUT2D eigenvalue weighted by Crippen LogP contribution is -2.53. The van der Waals surface area contributed by atoms with Gasteiger partial charge in [0.15, 0.2) is 0 Å². The predicted molar refractivity (Wildman–Crippen MR) is 82.8 cm³/mol. The van der Waals surface area contributed by atoms with Gasteiger partial charge in [-0.05, 0) is 45.1 Å². The summed E-state index contributed by atoms with van der Waals surface area (Å²) < 4.78 is 0. The fourth-order valence-corrected chi connectivity index (χ4v) is 2.98. The van der Waals surface area contributed by atoms with E-state index in [1.165, 1.54) is 0 Å². The number of hydrogen-bond donors (Lipinski definition) is 1. The second-order valence-electron chi connectivity index (χ2n) is 5.83. The number of nitrogens with zero attached hydrogens (tertiary/aromatic N) is 1. The normalized spacial score (nSPS) is 21.9. The number of piperidine rings is 1. The summed E-state index contributed by atoms with van der Waals surface area (Å²) >= 11 is 0. The molecule has 1 heterocycles. The van der Waals surface area contributed by atoms with Gasteiger partial charge in [0, 0.05) is 18.6 Å². The third kappa shape index (κ3) is 4.06. The van der Waals surface area contributed by atoms with Gasteiger partial charge in [0.2, 0.25) is 0 Å². The monoisotopic (exact) mass is 288 g/mol. The molecule has 1 aromatic rings. The average molecular weight is 288 g/mol. The molecule has 1 saturated heterocycles. The van der Waals surface area contributed by atoms with Crippen molar-refractivity contribution in [2.75, 3.05) is 6.54 Å². The van der Waals surface area contributed by atoms with E-state index >= 15 is 0 Å². The first-order valence-electron chi connectivity index (χ1n) is 7.74. The highest BCUT2D eigenvalue weighted by Crippen LogP contribution is 2.22. The molecule has 0 saturated carbocycles. The van der Waals surface area contributed by atoms with E-state index in [0.717, 1.165) is 31.2 Å². The van der Waals surface area contributed by atoms with Gasteiger partial charge in [0.25, 0.3) is 0 Å². The maximum absolute atomic E-state index is 12.3. The first-order chi connectivity index (χ1) is 10.1. The van der Waals surface area contributed by atoms with E-state index in [-0.39, 0.29) is 18.0 Å². The van der Waals surface area contributed by atoms with Crippen LogP contribution in [-0.4, -0.2) is 35.3 Å². The van der Waals surface area contributed by atoms with Crippen LogP contribution in [0.4, 0.5) is 0 Å². The van der Waals surface area contributed by atoms with Crippen molar-refractivity contribution in [1.29, 1.82) is 0 Å². The molecule has 1 aromatic carbocycles. The lowest BCUT2D eigenvalue weighted by molar-refractivity contribution is -0.150. The smallest absolute Gasteiger partial charge is 0.312 e. The van der Waals surface area contributed by atoms with Gasteiger partial charge in [-0.1, -0.05) is 30.3 Å². The van der Waals surface area contributed by atoms with Crippen LogP contribution in [0.2, 0.25) is 0 Å². The fraction of sp³-hybridized carbons (Fsp3) is 0.529. The summed E-state index contributed by atoms with van der Waals surface area (Å²) in [6.45, 7) is 4.53. The molecule has 0 radical (unpaired) electrons. The molecule has 4 heteroatoms. The van der Waals surface area contributed by atoms with Crippen molar-refractivity contribution in [2.45, 2.75) is 51.6 Å². The Morgan fingerprint density at radius 3 is 2.38 bits per heavy atom. The Morgan fingerprint density at radius 2 is 1.76 bits per heavy atom. The van der Waals surface area contributed by atoms with Gasteiger partial charge in [-0.25, -0.2) is 0 Å². The Hall–Kier alpha value is -1.84. The number of hydrogen-bond acceptors (Lipinski definition) is 2. The van der Waals surface area contributed by atoms with Crippen LogP contribution in [0.1, 0.15) is 38.7 Å². The molecule has 114 valence electrons. The van der Waals surface area contributed by atoms with Gasteiger partial charge in [0.05, 0.1) is 0 Å². The van der Waals surface area contributed by atoms with Gasteiger partial charge in [-0.2, -0.15) is 0 Å². The lowest BCUT2D eigenvalue weighted by atomic mass is 9.97. The van der Waals surface area contributed by atoms with Crippen LogP contribution in [0.5, 0.6) is 0 Å². The lowest BCUT2D eigenvalue weighted by Gasteiger charge is -2.38. The van der Waals surface area contributed by atoms with Crippen molar-refractivity contribution in [2.24, 2.45) is 0 Å². The van der Waals surface area contributed by atoms with Gasteiger partial charge in [-0.3, -0.25) is 9.59 Å². The molecule has 0 aromatic heterocycles. The number of rotatable bonds is 3. The Bertz CT molecular complexity index is 477. The SMILES string of the molecule is CC1CCCC(C)N1C(=O)C(=O)NCCc1ccccc1. The predicted octanol–water partition coefficient (Wildman–Crippen LogP) is 2.13. The Balaban J connectivity index is 1.83. The molecule has 0 aliphatic carbocycles. The second-order valence-corrected chi connectivity index (χ2v) is 5.83. The highest BCUT2D eigenvalue weighted by atomic mass is 16.2. The molecular formula is C17H24N2O2. The third-order valence-corrected chi connectivity index (χ3v) is 4.16. The molecule has 1 fully saturated rings. The minimum absolute atomic E-state index is 0.154. The van der Waals surface area contributed by atoms with Crippen molar-refractivity contribution in [3.05, 3.63) is 35.9 Å². The van der Waals surface area contributed by atoms with Crippen LogP contribution in [0.25, 0.3) is 0 Å². The standard InChI is InChI=1S/C17H24N2O2/c1-13-7-6-8-14(2)19(13)17(21)16(20)18-12-11-15-9-4-3-5-10-15/h3-5,9-10,13-14H,6-8,11-12H2,1-2H3,(H,18,20). The molecule has 2 atom stereocenters. The van der Waals surface area contributed by atoms with Gasteiger partial charge in [0.1, 0.15) is 0 Å². The van der Waals surface area contributed by atoms with E-state index in [0.29, 0.717) is 6.54 Å². The molecule has 1 aliphatic heterocycles. The van der Waals surface area contributed by atoms with E-state index in [1.54, 1.807) is 4.90 Å². The van der Waals surface area contributed by atoms with Crippen molar-refractivity contribution in [3.8, 4) is 0 Å². The van der Waals surface area contributed by atoms with Gasteiger partial charge < -0.3 is 10.2 Å². The first kappa shape index (κ1) is 15.5. The summed E-state index contributed by atoms with van der Waals surface area (Å²) in [7, 11) is 0. The number of carbonyl (C=O) groups excluding carboxylic acids is 2. The van der Waals surface area contributed by atoms with Crippen LogP contribution in [0, 0.1) is 0 Å². The minimum atomic E-state index is -0.480. The Kier molecular flexibility index (Phi) is 5.37. The van der Waals surface area contributed by atoms with Crippen LogP contribution in [-0.2, 0) is 16.0 Å². The summed E-state index contributed by atoms with van der Waals surface area (Å²) in [5.41, 5.74) is 1.16. The average Bonchev–Trinajstić information content (AvgIpc) is 2.48. The van der Waals surface area contributed by atoms with Crippen LogP contribution in [0.3, 0.4) is 0 Å². The van der Waals surface area contributed by atoms with Crippen LogP contribution >= 0.6 is 0 Å². The zero-order valence-electron chi connectivity index (χ0n) is 12.8. The molecule has 2 unspecified atom stereocenters. The Morgan fingerprint density at radius 1 is 1.14 bits per heavy atom. The van der Waals surface area contributed by atoms with Gasteiger partial charge >= 0.3 is 11.8 Å². The van der Waals surface area contributed by atoms with Gasteiger partial charge in [-0.15, -0.1) is 0 Å². The summed E-state index contributed by atoms with van der Waals surface area (Å²) in [6.07, 6.45) is 3.83. The van der Waals surface area contributed by atoms with E-state index < -0.39 is 5.91 Å². The Labute approximate surface area is 126 Å². The first-order valence-corrected chi connectivity index (χ1v) is 7.74. The molecule has 4 nitrogen and oxygen atoms in total. The summed E-state index contributed by atoms with van der Waals surface area (Å²) in [5, 5.41) is 2.74. The maximum Gasteiger partial charge on any atom is 0.312 e. The number of nitrogens with one attached hydrogen (secondary N) is 1. The zero-order valence-corrected chi connectivity index (χ0v) is 12.8. The van der Waals surface area contributed by atoms with E-state index in [1.807, 2.05) is 44.2 Å². The molecule has 21 heavy (non-hydrogen) atoms. The number of likely N-dealkylation sites (tertiary alicyclic amines) is 1. The zero-order chi connectivity index (χ0) is 15.2. The summed E-state index contributed by atoms with van der Waals surface area (Å²) in [5.74, 6) is -0.866. The molecule has 1 aliphatic rings. The summed E-state index contributed by atoms with van der Waals surface area (Å²) in [4.78, 5) is 26.0. The molecular weight excluding hydrogens is 264 g/mol. The minimum Gasteiger partial charge on any atom is -0.347 e. The van der Waals surface area contributed by atoms with Crippen LogP contribution < -0.4 is 5.32 Å². The van der Waals surface area contributed by atoms with Crippen molar-refractivity contribution in [3.63, 3.8) is 0 Å². The van der Waals surface area contributed by atoms with Crippen molar-refractivity contribution < 1.29 is 9.59 Å². The fourth-order valence-electron chi connectivity index (χ4n) is 2.98. The third-order valence-electron chi connectivity index (χ3n) is 4.16. The van der Waals surface area contributed by atoms with E-state index in [2.05, 4.69) is 5.32 Å². The highest BCUT2D eigenvalue weighted by molar-refractivity contribution is 6.35. The number of amides is 2. The molecule has 0 spiro atoms. The van der Waals surface area contributed by atoms with E-state index in [4.69, 9.17) is 0 Å². The van der Waals surface area contributed by atoms with Crippen molar-refractivity contribution in [1.82, 2.24) is 10.2 Å². The topological polar surface area (TPSA) is 49.4 Å². The number of carbonyl (C=O) groups is 2. The summed E-state index contributed by atoms with van der Waals surface area (Å²) in [6, 6.07) is 10.2.